The Morgan fingerprint density at radius 3 is 2.33 bits per heavy atom. The predicted octanol–water partition coefficient (Wildman–Crippen LogP) is 6.05. The summed E-state index contributed by atoms with van der Waals surface area (Å²) in [6, 6.07) is 31.0. The lowest BCUT2D eigenvalue weighted by atomic mass is 10.1. The summed E-state index contributed by atoms with van der Waals surface area (Å²) in [4.78, 5) is 25.0. The summed E-state index contributed by atoms with van der Waals surface area (Å²) in [7, 11) is 0. The predicted molar refractivity (Wildman–Crippen MR) is 155 cm³/mol. The summed E-state index contributed by atoms with van der Waals surface area (Å²) in [5.41, 5.74) is 9.06. The molecule has 0 aliphatic carbocycles. The molecule has 1 heterocycles. The number of nitrogens with two attached hydrogens (primary N) is 1. The Kier molecular flexibility index (Phi) is 8.26. The van der Waals surface area contributed by atoms with Crippen molar-refractivity contribution < 1.29 is 23.5 Å². The molecular weight excluding hydrogens is 506 g/mol. The van der Waals surface area contributed by atoms with E-state index < -0.39 is 0 Å². The summed E-state index contributed by atoms with van der Waals surface area (Å²) in [5, 5.41) is 6.49. The van der Waals surface area contributed by atoms with E-state index in [-0.39, 0.29) is 17.6 Å². The number of furan rings is 1. The number of anilines is 2. The van der Waals surface area contributed by atoms with Crippen molar-refractivity contribution >= 4 is 34.2 Å². The second-order valence-electron chi connectivity index (χ2n) is 9.11. The Labute approximate surface area is 231 Å². The van der Waals surface area contributed by atoms with E-state index >= 15 is 0 Å². The third-order valence-electron chi connectivity index (χ3n) is 6.15. The van der Waals surface area contributed by atoms with Gasteiger partial charge in [-0.15, -0.1) is 0 Å². The van der Waals surface area contributed by atoms with Crippen LogP contribution in [-0.2, 0) is 6.61 Å². The Morgan fingerprint density at radius 2 is 1.52 bits per heavy atom. The quantitative estimate of drug-likeness (QED) is 0.140. The van der Waals surface area contributed by atoms with E-state index in [0.29, 0.717) is 54.5 Å². The van der Waals surface area contributed by atoms with Crippen molar-refractivity contribution in [1.29, 1.82) is 0 Å². The minimum atomic E-state index is -0.285. The molecule has 0 aliphatic heterocycles. The highest BCUT2D eigenvalue weighted by atomic mass is 16.5. The van der Waals surface area contributed by atoms with Crippen LogP contribution in [0.4, 0.5) is 11.4 Å². The first-order valence-electron chi connectivity index (χ1n) is 12.9. The number of hydrogen-bond donors (Lipinski definition) is 3. The van der Waals surface area contributed by atoms with E-state index in [0.717, 1.165) is 16.7 Å². The Hall–Kier alpha value is -5.24. The molecule has 0 aliphatic rings. The van der Waals surface area contributed by atoms with Crippen LogP contribution in [0.25, 0.3) is 11.0 Å². The molecule has 0 atom stereocenters. The standard InChI is InChI=1S/C32H29N3O5/c33-27-9-4-5-10-28(27)35-31(36)23-12-14-26(15-13-23)38-18-6-17-34-32(37)30-20-24-19-22(11-16-29(24)40-30)21-39-25-7-2-1-3-8-25/h1-5,7-16,19-20H,6,17-18,21,33H2,(H,34,37)(H,35,36). The van der Waals surface area contributed by atoms with Crippen LogP contribution in [0.3, 0.4) is 0 Å². The smallest absolute Gasteiger partial charge is 0.287 e. The van der Waals surface area contributed by atoms with E-state index in [9.17, 15) is 9.59 Å². The van der Waals surface area contributed by atoms with Gasteiger partial charge in [0, 0.05) is 17.5 Å². The van der Waals surface area contributed by atoms with Crippen LogP contribution in [0, 0.1) is 0 Å². The van der Waals surface area contributed by atoms with Crippen molar-refractivity contribution in [2.24, 2.45) is 0 Å². The van der Waals surface area contributed by atoms with Crippen LogP contribution in [0.5, 0.6) is 11.5 Å². The van der Waals surface area contributed by atoms with E-state index in [1.807, 2.05) is 54.6 Å². The van der Waals surface area contributed by atoms with Gasteiger partial charge in [0.2, 0.25) is 0 Å². The zero-order chi connectivity index (χ0) is 27.7. The number of carbonyl (C=O) groups excluding carboxylic acids is 2. The van der Waals surface area contributed by atoms with Gasteiger partial charge in [-0.05, 0) is 78.7 Å². The summed E-state index contributed by atoms with van der Waals surface area (Å²) in [5.74, 6) is 1.14. The second kappa shape index (κ2) is 12.5. The van der Waals surface area contributed by atoms with Crippen molar-refractivity contribution in [1.82, 2.24) is 5.32 Å². The summed E-state index contributed by atoms with van der Waals surface area (Å²) < 4.78 is 17.3. The fourth-order valence-corrected chi connectivity index (χ4v) is 4.04. The van der Waals surface area contributed by atoms with Gasteiger partial charge in [-0.2, -0.15) is 0 Å². The van der Waals surface area contributed by atoms with Crippen molar-refractivity contribution in [3.05, 3.63) is 120 Å². The minimum absolute atomic E-state index is 0.253. The van der Waals surface area contributed by atoms with E-state index in [1.54, 1.807) is 48.5 Å². The largest absolute Gasteiger partial charge is 0.494 e. The maximum atomic E-state index is 12.6. The van der Waals surface area contributed by atoms with Crippen molar-refractivity contribution in [3.8, 4) is 11.5 Å². The molecule has 8 heteroatoms. The Balaban J connectivity index is 1.05. The molecule has 0 saturated carbocycles. The van der Waals surface area contributed by atoms with Crippen molar-refractivity contribution in [2.75, 3.05) is 24.2 Å². The van der Waals surface area contributed by atoms with Crippen LogP contribution >= 0.6 is 0 Å². The number of amides is 2. The average Bonchev–Trinajstić information content (AvgIpc) is 3.42. The molecule has 0 fully saturated rings. The minimum Gasteiger partial charge on any atom is -0.494 e. The number of carbonyl (C=O) groups is 2. The number of para-hydroxylation sites is 3. The van der Waals surface area contributed by atoms with E-state index in [4.69, 9.17) is 19.6 Å². The summed E-state index contributed by atoms with van der Waals surface area (Å²) >= 11 is 0. The van der Waals surface area contributed by atoms with Crippen molar-refractivity contribution in [3.63, 3.8) is 0 Å². The van der Waals surface area contributed by atoms with Gasteiger partial charge in [-0.3, -0.25) is 9.59 Å². The molecule has 40 heavy (non-hydrogen) atoms. The molecule has 0 spiro atoms. The van der Waals surface area contributed by atoms with Crippen LogP contribution in [0.15, 0.2) is 108 Å². The van der Waals surface area contributed by atoms with Gasteiger partial charge in [-0.1, -0.05) is 36.4 Å². The Morgan fingerprint density at radius 1 is 0.775 bits per heavy atom. The molecule has 5 aromatic rings. The first-order chi connectivity index (χ1) is 19.5. The molecule has 0 saturated heterocycles. The first-order valence-corrected chi connectivity index (χ1v) is 12.9. The van der Waals surface area contributed by atoms with Gasteiger partial charge in [0.25, 0.3) is 11.8 Å². The lowest BCUT2D eigenvalue weighted by Crippen LogP contribution is -2.25. The van der Waals surface area contributed by atoms with Gasteiger partial charge >= 0.3 is 0 Å². The van der Waals surface area contributed by atoms with Gasteiger partial charge in [0.05, 0.1) is 18.0 Å². The number of rotatable bonds is 11. The molecule has 8 nitrogen and oxygen atoms in total. The topological polar surface area (TPSA) is 116 Å². The number of nitrogen functional groups attached to an aromatic ring is 1. The molecule has 0 radical (unpaired) electrons. The molecule has 2 amide bonds. The highest BCUT2D eigenvalue weighted by Crippen LogP contribution is 2.22. The first kappa shape index (κ1) is 26.4. The maximum absolute atomic E-state index is 12.6. The van der Waals surface area contributed by atoms with Crippen molar-refractivity contribution in [2.45, 2.75) is 13.0 Å². The van der Waals surface area contributed by atoms with Crippen LogP contribution in [0.2, 0.25) is 0 Å². The SMILES string of the molecule is Nc1ccccc1NC(=O)c1ccc(OCCCNC(=O)c2cc3cc(COc4ccccc4)ccc3o2)cc1. The number of fused-ring (bicyclic) bond motifs is 1. The molecule has 4 aromatic carbocycles. The normalized spacial score (nSPS) is 10.7. The molecule has 4 N–H and O–H groups in total. The highest BCUT2D eigenvalue weighted by Gasteiger charge is 2.13. The summed E-state index contributed by atoms with van der Waals surface area (Å²) in [6.07, 6.45) is 0.600. The maximum Gasteiger partial charge on any atom is 0.287 e. The van der Waals surface area contributed by atoms with Gasteiger partial charge in [0.1, 0.15) is 23.7 Å². The molecule has 1 aromatic heterocycles. The average molecular weight is 536 g/mol. The van der Waals surface area contributed by atoms with Gasteiger partial charge in [0.15, 0.2) is 5.76 Å². The highest BCUT2D eigenvalue weighted by molar-refractivity contribution is 6.05. The fourth-order valence-electron chi connectivity index (χ4n) is 4.04. The number of nitrogens with one attached hydrogen (secondary N) is 2. The second-order valence-corrected chi connectivity index (χ2v) is 9.11. The monoisotopic (exact) mass is 535 g/mol. The molecule has 202 valence electrons. The third kappa shape index (κ3) is 6.79. The zero-order valence-electron chi connectivity index (χ0n) is 21.8. The van der Waals surface area contributed by atoms with Crippen LogP contribution in [-0.4, -0.2) is 25.0 Å². The van der Waals surface area contributed by atoms with E-state index in [1.165, 1.54) is 0 Å². The van der Waals surface area contributed by atoms with Gasteiger partial charge in [-0.25, -0.2) is 0 Å². The molecular formula is C32H29N3O5. The van der Waals surface area contributed by atoms with E-state index in [2.05, 4.69) is 10.6 Å². The number of ether oxygens (including phenoxy) is 2. The van der Waals surface area contributed by atoms with Crippen LogP contribution in [0.1, 0.15) is 32.9 Å². The van der Waals surface area contributed by atoms with Gasteiger partial charge < -0.3 is 30.3 Å². The number of hydrogen-bond acceptors (Lipinski definition) is 6. The number of benzene rings is 4. The molecule has 5 rings (SSSR count). The third-order valence-corrected chi connectivity index (χ3v) is 6.15. The Bertz CT molecular complexity index is 1600. The molecule has 0 bridgehead atoms. The fraction of sp³-hybridized carbons (Fsp3) is 0.125. The lowest BCUT2D eigenvalue weighted by molar-refractivity contribution is 0.0925. The zero-order valence-corrected chi connectivity index (χ0v) is 21.8. The molecule has 0 unspecified atom stereocenters. The van der Waals surface area contributed by atoms with Crippen LogP contribution < -0.4 is 25.8 Å². The lowest BCUT2D eigenvalue weighted by Gasteiger charge is -2.09. The summed E-state index contributed by atoms with van der Waals surface area (Å²) in [6.45, 7) is 1.24.